The summed E-state index contributed by atoms with van der Waals surface area (Å²) >= 11 is 0. The van der Waals surface area contributed by atoms with Crippen LogP contribution in [0, 0.1) is 16.7 Å². The zero-order valence-corrected chi connectivity index (χ0v) is 11.8. The maximum absolute atomic E-state index is 12.5. The van der Waals surface area contributed by atoms with Crippen LogP contribution in [0.5, 0.6) is 0 Å². The summed E-state index contributed by atoms with van der Waals surface area (Å²) in [5.41, 5.74) is -2.06. The molecule has 0 bridgehead atoms. The van der Waals surface area contributed by atoms with E-state index >= 15 is 0 Å². The van der Waals surface area contributed by atoms with Crippen molar-refractivity contribution in [3.8, 4) is 6.07 Å². The van der Waals surface area contributed by atoms with Crippen molar-refractivity contribution in [3.05, 3.63) is 0 Å². The summed E-state index contributed by atoms with van der Waals surface area (Å²) in [5.74, 6) is -0.415. The second-order valence-electron chi connectivity index (χ2n) is 5.95. The Balaban J connectivity index is 2.05. The number of nitrogens with zero attached hydrogens (tertiary/aromatic N) is 2. The molecule has 1 unspecified atom stereocenters. The lowest BCUT2D eigenvalue weighted by Gasteiger charge is -2.44. The molecule has 1 saturated heterocycles. The van der Waals surface area contributed by atoms with Crippen LogP contribution in [-0.4, -0.2) is 47.6 Å². The number of piperidine rings is 1. The highest BCUT2D eigenvalue weighted by molar-refractivity contribution is 5.86. The van der Waals surface area contributed by atoms with E-state index < -0.39 is 11.0 Å². The molecule has 1 heterocycles. The molecule has 1 aliphatic carbocycles. The monoisotopic (exact) mass is 279 g/mol. The van der Waals surface area contributed by atoms with Crippen LogP contribution in [0.1, 0.15) is 38.5 Å². The number of aliphatic hydroxyl groups is 1. The molecule has 1 atom stereocenters. The van der Waals surface area contributed by atoms with Gasteiger partial charge in [-0.15, -0.1) is 0 Å². The van der Waals surface area contributed by atoms with E-state index in [9.17, 15) is 20.0 Å². The summed E-state index contributed by atoms with van der Waals surface area (Å²) in [6.07, 6.45) is 3.26. The molecule has 6 heteroatoms. The van der Waals surface area contributed by atoms with Gasteiger partial charge in [-0.2, -0.15) is 5.26 Å². The van der Waals surface area contributed by atoms with Crippen molar-refractivity contribution in [2.45, 2.75) is 44.1 Å². The number of likely N-dealkylation sites (tertiary alicyclic amines) is 1. The average molecular weight is 279 g/mol. The Morgan fingerprint density at radius 1 is 1.35 bits per heavy atom. The quantitative estimate of drug-likeness (QED) is 0.770. The van der Waals surface area contributed by atoms with Crippen LogP contribution in [0.2, 0.25) is 0 Å². The van der Waals surface area contributed by atoms with Crippen LogP contribution >= 0.6 is 0 Å². The second-order valence-corrected chi connectivity index (χ2v) is 5.95. The first-order chi connectivity index (χ1) is 9.45. The largest absolute Gasteiger partial charge is 0.388 e. The zero-order chi connectivity index (χ0) is 14.8. The highest BCUT2D eigenvalue weighted by Crippen LogP contribution is 2.42. The van der Waals surface area contributed by atoms with Gasteiger partial charge in [-0.1, -0.05) is 0 Å². The normalized spacial score (nSPS) is 28.1. The van der Waals surface area contributed by atoms with Gasteiger partial charge >= 0.3 is 0 Å². The molecular weight excluding hydrogens is 258 g/mol. The third-order valence-electron chi connectivity index (χ3n) is 4.44. The summed E-state index contributed by atoms with van der Waals surface area (Å²) < 4.78 is 0. The predicted octanol–water partition coefficient (Wildman–Crippen LogP) is 0.170. The number of carbonyl (C=O) groups is 2. The summed E-state index contributed by atoms with van der Waals surface area (Å²) in [5, 5.41) is 22.2. The standard InChI is InChI=1S/C14H21N3O3/c1-16-11(18)8-14(20)6-3-7-17(10-14)12(19)13(9-15)4-2-5-13/h20H,2-8,10H2,1H3,(H,16,18). The van der Waals surface area contributed by atoms with Crippen molar-refractivity contribution in [2.24, 2.45) is 5.41 Å². The highest BCUT2D eigenvalue weighted by atomic mass is 16.3. The third kappa shape index (κ3) is 2.63. The molecule has 20 heavy (non-hydrogen) atoms. The summed E-state index contributed by atoms with van der Waals surface area (Å²) in [6, 6.07) is 2.14. The first-order valence-electron chi connectivity index (χ1n) is 7.08. The van der Waals surface area contributed by atoms with E-state index in [2.05, 4.69) is 11.4 Å². The van der Waals surface area contributed by atoms with Crippen molar-refractivity contribution in [1.29, 1.82) is 5.26 Å². The molecule has 0 radical (unpaired) electrons. The Bertz CT molecular complexity index is 453. The lowest BCUT2D eigenvalue weighted by atomic mass is 9.68. The van der Waals surface area contributed by atoms with Gasteiger partial charge in [0.05, 0.1) is 18.1 Å². The number of amides is 2. The number of carbonyl (C=O) groups excluding carboxylic acids is 2. The van der Waals surface area contributed by atoms with Crippen molar-refractivity contribution >= 4 is 11.8 Å². The molecule has 0 spiro atoms. The number of hydrogen-bond donors (Lipinski definition) is 2. The van der Waals surface area contributed by atoms with E-state index in [4.69, 9.17) is 0 Å². The van der Waals surface area contributed by atoms with Gasteiger partial charge in [0.15, 0.2) is 0 Å². The minimum Gasteiger partial charge on any atom is -0.388 e. The maximum Gasteiger partial charge on any atom is 0.243 e. The van der Waals surface area contributed by atoms with Gasteiger partial charge in [-0.05, 0) is 32.1 Å². The van der Waals surface area contributed by atoms with E-state index in [0.29, 0.717) is 32.2 Å². The number of nitrogens with one attached hydrogen (secondary N) is 1. The number of nitriles is 1. The van der Waals surface area contributed by atoms with Gasteiger partial charge in [-0.25, -0.2) is 0 Å². The van der Waals surface area contributed by atoms with Crippen molar-refractivity contribution in [3.63, 3.8) is 0 Å². The average Bonchev–Trinajstić information content (AvgIpc) is 2.37. The van der Waals surface area contributed by atoms with Crippen LogP contribution in [0.3, 0.4) is 0 Å². The Kier molecular flexibility index (Phi) is 4.00. The molecule has 2 N–H and O–H groups in total. The Hall–Kier alpha value is -1.61. The number of rotatable bonds is 3. The molecule has 2 rings (SSSR count). The second kappa shape index (κ2) is 5.41. The van der Waals surface area contributed by atoms with E-state index in [0.717, 1.165) is 6.42 Å². The SMILES string of the molecule is CNC(=O)CC1(O)CCCN(C(=O)C2(C#N)CCC2)C1. The first kappa shape index (κ1) is 14.8. The van der Waals surface area contributed by atoms with Crippen LogP contribution in [0.25, 0.3) is 0 Å². The van der Waals surface area contributed by atoms with Crippen LogP contribution in [-0.2, 0) is 9.59 Å². The fourth-order valence-electron chi connectivity index (χ4n) is 3.02. The van der Waals surface area contributed by atoms with Gasteiger partial charge in [-0.3, -0.25) is 9.59 Å². The van der Waals surface area contributed by atoms with Gasteiger partial charge < -0.3 is 15.3 Å². The minimum atomic E-state index is -1.17. The fraction of sp³-hybridized carbons (Fsp3) is 0.786. The van der Waals surface area contributed by atoms with Gasteiger partial charge in [0.2, 0.25) is 11.8 Å². The molecule has 0 aromatic heterocycles. The molecule has 1 saturated carbocycles. The van der Waals surface area contributed by atoms with Crippen molar-refractivity contribution in [1.82, 2.24) is 10.2 Å². The zero-order valence-electron chi connectivity index (χ0n) is 11.8. The van der Waals surface area contributed by atoms with E-state index in [1.165, 1.54) is 7.05 Å². The number of β-amino-alcohol motifs (C(OH)–C–C–N with tert-alkyl or cyclic N) is 1. The van der Waals surface area contributed by atoms with Crippen molar-refractivity contribution in [2.75, 3.05) is 20.1 Å². The fourth-order valence-corrected chi connectivity index (χ4v) is 3.02. The molecule has 110 valence electrons. The van der Waals surface area contributed by atoms with Gasteiger partial charge in [0, 0.05) is 20.1 Å². The lowest BCUT2D eigenvalue weighted by Crippen LogP contribution is -2.56. The summed E-state index contributed by atoms with van der Waals surface area (Å²) in [7, 11) is 1.52. The smallest absolute Gasteiger partial charge is 0.243 e. The molecular formula is C14H21N3O3. The molecule has 2 aliphatic rings. The molecule has 6 nitrogen and oxygen atoms in total. The Morgan fingerprint density at radius 2 is 2.05 bits per heavy atom. The predicted molar refractivity (Wildman–Crippen MR) is 71.3 cm³/mol. The van der Waals surface area contributed by atoms with Crippen LogP contribution in [0.15, 0.2) is 0 Å². The minimum absolute atomic E-state index is 0.00711. The van der Waals surface area contributed by atoms with Gasteiger partial charge in [0.1, 0.15) is 5.41 Å². The molecule has 2 amide bonds. The van der Waals surface area contributed by atoms with Crippen molar-refractivity contribution < 1.29 is 14.7 Å². The maximum atomic E-state index is 12.5. The molecule has 0 aromatic rings. The highest BCUT2D eigenvalue weighted by Gasteiger charge is 2.49. The van der Waals surface area contributed by atoms with E-state index in [-0.39, 0.29) is 24.8 Å². The lowest BCUT2D eigenvalue weighted by molar-refractivity contribution is -0.152. The van der Waals surface area contributed by atoms with Crippen LogP contribution < -0.4 is 5.32 Å². The van der Waals surface area contributed by atoms with Crippen LogP contribution in [0.4, 0.5) is 0 Å². The Morgan fingerprint density at radius 3 is 2.55 bits per heavy atom. The topological polar surface area (TPSA) is 93.4 Å². The molecule has 2 fully saturated rings. The Labute approximate surface area is 118 Å². The van der Waals surface area contributed by atoms with E-state index in [1.54, 1.807) is 4.90 Å². The summed E-state index contributed by atoms with van der Waals surface area (Å²) in [4.78, 5) is 25.5. The van der Waals surface area contributed by atoms with Gasteiger partial charge in [0.25, 0.3) is 0 Å². The number of hydrogen-bond acceptors (Lipinski definition) is 4. The first-order valence-corrected chi connectivity index (χ1v) is 7.08. The van der Waals surface area contributed by atoms with E-state index in [1.807, 2.05) is 0 Å². The summed E-state index contributed by atoms with van der Waals surface area (Å²) in [6.45, 7) is 0.695. The third-order valence-corrected chi connectivity index (χ3v) is 4.44. The molecule has 0 aromatic carbocycles. The molecule has 1 aliphatic heterocycles.